The number of hydrogen-bond acceptors (Lipinski definition) is 5. The maximum atomic E-state index is 13.4. The summed E-state index contributed by atoms with van der Waals surface area (Å²) in [6.45, 7) is 10.1. The minimum Gasteiger partial charge on any atom is -0.444 e. The van der Waals surface area contributed by atoms with Gasteiger partial charge in [-0.05, 0) is 82.3 Å². The second-order valence-electron chi connectivity index (χ2n) is 11.5. The molecular weight excluding hydrogens is 514 g/mol. The van der Waals surface area contributed by atoms with Crippen molar-refractivity contribution in [1.82, 2.24) is 25.0 Å². The van der Waals surface area contributed by atoms with Crippen molar-refractivity contribution in [2.45, 2.75) is 84.0 Å². The molecule has 208 valence electrons. The van der Waals surface area contributed by atoms with E-state index in [9.17, 15) is 9.59 Å². The molecule has 1 fully saturated rings. The van der Waals surface area contributed by atoms with Gasteiger partial charge in [-0.15, -0.1) is 0 Å². The lowest BCUT2D eigenvalue weighted by Gasteiger charge is -2.35. The number of carbonyl (C=O) groups is 2. The normalized spacial score (nSPS) is 18.2. The summed E-state index contributed by atoms with van der Waals surface area (Å²) in [6.07, 6.45) is 3.89. The molecule has 3 heterocycles. The fourth-order valence-electron chi connectivity index (χ4n) is 5.23. The fourth-order valence-corrected chi connectivity index (χ4v) is 5.34. The number of pyridine rings is 1. The summed E-state index contributed by atoms with van der Waals surface area (Å²) in [4.78, 5) is 34.2. The van der Waals surface area contributed by atoms with E-state index < -0.39 is 5.60 Å². The van der Waals surface area contributed by atoms with Crippen LogP contribution in [0.5, 0.6) is 0 Å². The standard InChI is InChI=1S/C30H38ClN5O3/c1-19-15-24(34-33-19)18-35(6)28(37)22-9-7-21(8-10-22)16-25-12-13-26(36(25)29(38)39-30(3,4)5)20(2)23-11-14-27(31)32-17-23/h7-11,14-15,17,20,25-26H,12-13,16,18H2,1-6H3,(H,33,34)/t20-,25+,26-/m1/s1. The fraction of sp³-hybridized carbons (Fsp3) is 0.467. The number of likely N-dealkylation sites (tertiary alicyclic amines) is 1. The van der Waals surface area contributed by atoms with Gasteiger partial charge in [0.15, 0.2) is 0 Å². The number of benzene rings is 1. The van der Waals surface area contributed by atoms with E-state index in [1.807, 2.05) is 69.0 Å². The number of aromatic nitrogens is 3. The minimum absolute atomic E-state index is 0.0142. The van der Waals surface area contributed by atoms with E-state index in [2.05, 4.69) is 22.1 Å². The number of halogens is 1. The van der Waals surface area contributed by atoms with Crippen LogP contribution in [-0.4, -0.2) is 61.7 Å². The van der Waals surface area contributed by atoms with E-state index in [1.165, 1.54) is 0 Å². The zero-order chi connectivity index (χ0) is 28.3. The first-order valence-electron chi connectivity index (χ1n) is 13.4. The Hall–Kier alpha value is -3.39. The molecule has 0 saturated carbocycles. The van der Waals surface area contributed by atoms with E-state index in [0.29, 0.717) is 23.7 Å². The molecule has 1 aliphatic rings. The first-order valence-corrected chi connectivity index (χ1v) is 13.8. The van der Waals surface area contributed by atoms with Gasteiger partial charge in [-0.2, -0.15) is 5.10 Å². The van der Waals surface area contributed by atoms with Crippen molar-refractivity contribution in [3.8, 4) is 0 Å². The third kappa shape index (κ3) is 7.18. The highest BCUT2D eigenvalue weighted by molar-refractivity contribution is 6.29. The van der Waals surface area contributed by atoms with Crippen LogP contribution in [-0.2, 0) is 17.7 Å². The monoisotopic (exact) mass is 551 g/mol. The highest BCUT2D eigenvalue weighted by Gasteiger charge is 2.42. The number of rotatable bonds is 7. The highest BCUT2D eigenvalue weighted by Crippen LogP contribution is 2.37. The molecule has 4 rings (SSSR count). The van der Waals surface area contributed by atoms with Crippen molar-refractivity contribution in [2.24, 2.45) is 0 Å². The summed E-state index contributed by atoms with van der Waals surface area (Å²) in [5, 5.41) is 7.57. The van der Waals surface area contributed by atoms with Gasteiger partial charge in [-0.1, -0.05) is 36.7 Å². The van der Waals surface area contributed by atoms with Gasteiger partial charge in [-0.25, -0.2) is 9.78 Å². The summed E-state index contributed by atoms with van der Waals surface area (Å²) in [6, 6.07) is 13.3. The number of ether oxygens (including phenoxy) is 1. The molecule has 39 heavy (non-hydrogen) atoms. The van der Waals surface area contributed by atoms with E-state index >= 15 is 0 Å². The van der Waals surface area contributed by atoms with Crippen molar-refractivity contribution in [3.63, 3.8) is 0 Å². The van der Waals surface area contributed by atoms with Gasteiger partial charge in [0.05, 0.1) is 12.2 Å². The van der Waals surface area contributed by atoms with Crippen LogP contribution in [0.4, 0.5) is 4.79 Å². The van der Waals surface area contributed by atoms with Crippen LogP contribution in [0.3, 0.4) is 0 Å². The van der Waals surface area contributed by atoms with Gasteiger partial charge < -0.3 is 14.5 Å². The maximum absolute atomic E-state index is 13.4. The smallest absolute Gasteiger partial charge is 0.410 e. The number of H-pyrrole nitrogens is 1. The number of aromatic amines is 1. The van der Waals surface area contributed by atoms with Crippen LogP contribution < -0.4 is 0 Å². The second-order valence-corrected chi connectivity index (χ2v) is 11.9. The van der Waals surface area contributed by atoms with Crippen molar-refractivity contribution in [1.29, 1.82) is 0 Å². The Morgan fingerprint density at radius 1 is 1.18 bits per heavy atom. The van der Waals surface area contributed by atoms with Crippen LogP contribution in [0.15, 0.2) is 48.7 Å². The summed E-state index contributed by atoms with van der Waals surface area (Å²) < 4.78 is 5.84. The average Bonchev–Trinajstić information content (AvgIpc) is 3.48. The molecule has 2 aromatic heterocycles. The third-order valence-electron chi connectivity index (χ3n) is 7.18. The largest absolute Gasteiger partial charge is 0.444 e. The Morgan fingerprint density at radius 3 is 2.49 bits per heavy atom. The summed E-state index contributed by atoms with van der Waals surface area (Å²) in [7, 11) is 1.77. The first kappa shape index (κ1) is 28.6. The lowest BCUT2D eigenvalue weighted by molar-refractivity contribution is 0.0126. The van der Waals surface area contributed by atoms with E-state index in [4.69, 9.17) is 16.3 Å². The molecule has 0 radical (unpaired) electrons. The Bertz CT molecular complexity index is 1280. The predicted octanol–water partition coefficient (Wildman–Crippen LogP) is 6.15. The maximum Gasteiger partial charge on any atom is 0.410 e. The molecule has 0 spiro atoms. The van der Waals surface area contributed by atoms with Crippen LogP contribution >= 0.6 is 11.6 Å². The second kappa shape index (κ2) is 11.8. The summed E-state index contributed by atoms with van der Waals surface area (Å²) in [5.41, 5.74) is 3.91. The zero-order valence-corrected chi connectivity index (χ0v) is 24.3. The molecule has 1 aromatic carbocycles. The summed E-state index contributed by atoms with van der Waals surface area (Å²) in [5.74, 6) is 0.00466. The van der Waals surface area contributed by atoms with E-state index in [-0.39, 0.29) is 30.0 Å². The zero-order valence-electron chi connectivity index (χ0n) is 23.6. The highest BCUT2D eigenvalue weighted by atomic mass is 35.5. The average molecular weight is 552 g/mol. The Kier molecular flexibility index (Phi) is 8.64. The van der Waals surface area contributed by atoms with Crippen LogP contribution in [0.1, 0.15) is 79.3 Å². The molecular formula is C30H38ClN5O3. The van der Waals surface area contributed by atoms with E-state index in [0.717, 1.165) is 35.4 Å². The number of carbonyl (C=O) groups excluding carboxylic acids is 2. The topological polar surface area (TPSA) is 91.4 Å². The molecule has 3 atom stereocenters. The van der Waals surface area contributed by atoms with Crippen molar-refractivity contribution >= 4 is 23.6 Å². The molecule has 1 N–H and O–H groups in total. The summed E-state index contributed by atoms with van der Waals surface area (Å²) >= 11 is 6.00. The molecule has 2 amide bonds. The van der Waals surface area contributed by atoms with E-state index in [1.54, 1.807) is 24.2 Å². The molecule has 0 unspecified atom stereocenters. The molecule has 1 aliphatic heterocycles. The van der Waals surface area contributed by atoms with Crippen LogP contribution in [0, 0.1) is 6.92 Å². The van der Waals surface area contributed by atoms with Crippen LogP contribution in [0.25, 0.3) is 0 Å². The molecule has 9 heteroatoms. The van der Waals surface area contributed by atoms with Crippen molar-refractivity contribution in [3.05, 3.63) is 81.9 Å². The quantitative estimate of drug-likeness (QED) is 0.355. The lowest BCUT2D eigenvalue weighted by Crippen LogP contribution is -2.46. The molecule has 1 saturated heterocycles. The van der Waals surface area contributed by atoms with Gasteiger partial charge in [0, 0.05) is 42.5 Å². The van der Waals surface area contributed by atoms with Gasteiger partial charge >= 0.3 is 6.09 Å². The van der Waals surface area contributed by atoms with Crippen molar-refractivity contribution in [2.75, 3.05) is 7.05 Å². The number of nitrogens with zero attached hydrogens (tertiary/aromatic N) is 4. The Morgan fingerprint density at radius 2 is 1.90 bits per heavy atom. The van der Waals surface area contributed by atoms with Gasteiger partial charge in [0.2, 0.25) is 0 Å². The van der Waals surface area contributed by atoms with Crippen molar-refractivity contribution < 1.29 is 14.3 Å². The van der Waals surface area contributed by atoms with Crippen LogP contribution in [0.2, 0.25) is 5.15 Å². The Labute approximate surface area is 235 Å². The number of nitrogens with one attached hydrogen (secondary N) is 1. The third-order valence-corrected chi connectivity index (χ3v) is 7.40. The minimum atomic E-state index is -0.595. The first-order chi connectivity index (χ1) is 18.4. The van der Waals surface area contributed by atoms with Gasteiger partial charge in [-0.3, -0.25) is 9.89 Å². The lowest BCUT2D eigenvalue weighted by atomic mass is 9.93. The number of aryl methyl sites for hydroxylation is 1. The SMILES string of the molecule is Cc1cc(CN(C)C(=O)c2ccc(C[C@@H]3CC[C@H]([C@H](C)c4ccc(Cl)nc4)N3C(=O)OC(C)(C)C)cc2)n[nH]1. The molecule has 8 nitrogen and oxygen atoms in total. The molecule has 0 bridgehead atoms. The predicted molar refractivity (Wildman–Crippen MR) is 152 cm³/mol. The number of amides is 2. The molecule has 3 aromatic rings. The van der Waals surface area contributed by atoms with Gasteiger partial charge in [0.1, 0.15) is 10.8 Å². The number of hydrogen-bond donors (Lipinski definition) is 1. The Balaban J connectivity index is 1.48. The van der Waals surface area contributed by atoms with Gasteiger partial charge in [0.25, 0.3) is 5.91 Å². The molecule has 0 aliphatic carbocycles.